The van der Waals surface area contributed by atoms with Crippen molar-refractivity contribution in [2.45, 2.75) is 0 Å². The third kappa shape index (κ3) is 4.40. The quantitative estimate of drug-likeness (QED) is 0.458. The van der Waals surface area contributed by atoms with Crippen LogP contribution in [-0.2, 0) is 12.3 Å². The van der Waals surface area contributed by atoms with Gasteiger partial charge in [0.2, 0.25) is 0 Å². The molecule has 0 fully saturated rings. The van der Waals surface area contributed by atoms with Crippen LogP contribution in [0.1, 0.15) is 5.56 Å². The van der Waals surface area contributed by atoms with Gasteiger partial charge in [0.1, 0.15) is 0 Å². The first-order valence-electron chi connectivity index (χ1n) is 6.56. The summed E-state index contributed by atoms with van der Waals surface area (Å²) in [7, 11) is 3.01. The Labute approximate surface area is 142 Å². The number of esters is 1. The van der Waals surface area contributed by atoms with Gasteiger partial charge in [0.25, 0.3) is 0 Å². The summed E-state index contributed by atoms with van der Waals surface area (Å²) in [4.78, 5) is 12.0. The van der Waals surface area contributed by atoms with E-state index in [4.69, 9.17) is 12.2 Å². The number of methoxy groups -OCH3 is 1. The first-order chi connectivity index (χ1) is 10.8. The van der Waals surface area contributed by atoms with Crippen LogP contribution in [0.4, 0.5) is 0 Å². The molecule has 0 unspecified atom stereocenters. The number of para-hydroxylation sites is 2. The van der Waals surface area contributed by atoms with Crippen molar-refractivity contribution in [1.29, 1.82) is 0 Å². The van der Waals surface area contributed by atoms with E-state index in [2.05, 4.69) is 0 Å². The minimum absolute atomic E-state index is 0.388. The number of carbonyl (C=O) groups excluding carboxylic acids is 1. The molecule has 22 heavy (non-hydrogen) atoms. The predicted octanol–water partition coefficient (Wildman–Crippen LogP) is 3.26. The van der Waals surface area contributed by atoms with Gasteiger partial charge in [-0.2, -0.15) is 0 Å². The zero-order valence-electron chi connectivity index (χ0n) is 12.3. The summed E-state index contributed by atoms with van der Waals surface area (Å²) in [5, 5.41) is 0. The van der Waals surface area contributed by atoms with E-state index in [-0.39, 0.29) is 5.97 Å². The Morgan fingerprint density at radius 3 is 2.36 bits per heavy atom. The first-order valence-corrected chi connectivity index (χ1v) is 9.69. The summed E-state index contributed by atoms with van der Waals surface area (Å²) in [6, 6.07) is 16.8. The van der Waals surface area contributed by atoms with Crippen molar-refractivity contribution in [3.05, 3.63) is 63.9 Å². The maximum absolute atomic E-state index is 12.0. The van der Waals surface area contributed by atoms with Crippen LogP contribution in [0.3, 0.4) is 0 Å². The van der Waals surface area contributed by atoms with E-state index >= 15 is 0 Å². The molecule has 4 nitrogen and oxygen atoms in total. The number of hydrogen-bond acceptors (Lipinski definition) is 4. The molecule has 0 aliphatic rings. The summed E-state index contributed by atoms with van der Waals surface area (Å²) in [5.41, 5.74) is 1.19. The van der Waals surface area contributed by atoms with Crippen LogP contribution in [0.25, 0.3) is 5.57 Å². The van der Waals surface area contributed by atoms with E-state index in [1.165, 1.54) is 7.11 Å². The molecule has 0 radical (unpaired) electrons. The van der Waals surface area contributed by atoms with Crippen molar-refractivity contribution >= 4 is 35.6 Å². The average Bonchev–Trinajstić information content (AvgIpc) is 2.57. The number of benzene rings is 2. The van der Waals surface area contributed by atoms with Gasteiger partial charge in [0.15, 0.2) is 0 Å². The molecule has 0 heterocycles. The second-order valence-electron chi connectivity index (χ2n) is 4.20. The molecule has 2 aromatic rings. The fourth-order valence-electron chi connectivity index (χ4n) is 1.82. The molecular formula is C17H16O4Po. The van der Waals surface area contributed by atoms with Gasteiger partial charge in [-0.15, -0.1) is 0 Å². The summed E-state index contributed by atoms with van der Waals surface area (Å²) in [6.07, 6.45) is 0. The first kappa shape index (κ1) is 16.7. The number of ether oxygens (including phenoxy) is 2. The van der Waals surface area contributed by atoms with Gasteiger partial charge in [0.05, 0.1) is 0 Å². The van der Waals surface area contributed by atoms with Crippen LogP contribution in [-0.4, -0.2) is 44.2 Å². The molecule has 2 rings (SSSR count). The fraction of sp³-hybridized carbons (Fsp3) is 0.118. The van der Waals surface area contributed by atoms with Crippen LogP contribution >= 0.6 is 0 Å². The fourth-order valence-corrected chi connectivity index (χ4v) is 3.44. The maximum atomic E-state index is 12.0. The summed E-state index contributed by atoms with van der Waals surface area (Å²) in [6.45, 7) is 0. The standard InChI is InChI=1S/C16H13O3.CH3O.Po/c1-12(16(17)18-2)14-10-6-7-11-15(14)19-13-8-4-3-5-9-13;1-2;/h1,3-11H,2H3;1H3;/q;-1;+1. The molecule has 0 saturated heterocycles. The van der Waals surface area contributed by atoms with Crippen molar-refractivity contribution < 1.29 is 17.0 Å². The second kappa shape index (κ2) is 8.68. The third-order valence-corrected chi connectivity index (χ3v) is 4.85. The van der Waals surface area contributed by atoms with Crippen LogP contribution in [0.15, 0.2) is 58.3 Å². The zero-order chi connectivity index (χ0) is 15.8. The molecule has 0 N–H and O–H groups in total. The molecule has 5 heteroatoms. The van der Waals surface area contributed by atoms with E-state index in [0.29, 0.717) is 22.6 Å². The predicted molar refractivity (Wildman–Crippen MR) is 85.7 cm³/mol. The molecule has 0 atom stereocenters. The van der Waals surface area contributed by atoms with E-state index < -0.39 is 24.0 Å². The van der Waals surface area contributed by atoms with E-state index in [1.807, 2.05) is 58.3 Å². The summed E-state index contributed by atoms with van der Waals surface area (Å²) in [5.74, 6) is 0.937. The van der Waals surface area contributed by atoms with E-state index in [0.717, 1.165) is 0 Å². The Hall–Kier alpha value is -1.69. The SMILES string of the molecule is C[O][Po]/[CH]=C(/C(=O)OC)c1ccccc1Oc1ccccc1. The number of hydrogen-bond donors (Lipinski definition) is 0. The van der Waals surface area contributed by atoms with E-state index in [9.17, 15) is 4.79 Å². The molecule has 0 aromatic heterocycles. The number of rotatable bonds is 6. The Morgan fingerprint density at radius 2 is 1.68 bits per heavy atom. The van der Waals surface area contributed by atoms with Crippen molar-refractivity contribution in [2.75, 3.05) is 14.2 Å². The molecule has 0 aliphatic carbocycles. The van der Waals surface area contributed by atoms with Gasteiger partial charge in [-0.3, -0.25) is 0 Å². The topological polar surface area (TPSA) is 44.8 Å². The van der Waals surface area contributed by atoms with Crippen molar-refractivity contribution in [3.8, 4) is 11.5 Å². The molecular weight excluding hydrogens is 477 g/mol. The monoisotopic (exact) mass is 493 g/mol. The summed E-state index contributed by atoms with van der Waals surface area (Å²) < 4.78 is 17.8. The van der Waals surface area contributed by atoms with Crippen LogP contribution in [0.5, 0.6) is 11.5 Å². The zero-order valence-corrected chi connectivity index (χ0v) is 15.5. The Kier molecular flexibility index (Phi) is 6.58. The Bertz CT molecular complexity index is 653. The number of carbonyl (C=O) groups is 1. The molecule has 0 saturated carbocycles. The molecule has 114 valence electrons. The van der Waals surface area contributed by atoms with E-state index in [1.54, 1.807) is 7.11 Å². The van der Waals surface area contributed by atoms with Crippen molar-refractivity contribution in [2.24, 2.45) is 0 Å². The molecule has 0 amide bonds. The second-order valence-corrected chi connectivity index (χ2v) is 7.16. The minimum atomic E-state index is -1.17. The van der Waals surface area contributed by atoms with Gasteiger partial charge < -0.3 is 0 Å². The normalized spacial score (nSPS) is 11.1. The van der Waals surface area contributed by atoms with Crippen molar-refractivity contribution in [3.63, 3.8) is 0 Å². The van der Waals surface area contributed by atoms with Crippen LogP contribution in [0.2, 0.25) is 0 Å². The Morgan fingerprint density at radius 1 is 1.00 bits per heavy atom. The summed E-state index contributed by atoms with van der Waals surface area (Å²) >= 11 is -1.17. The van der Waals surface area contributed by atoms with Gasteiger partial charge in [0, 0.05) is 0 Å². The van der Waals surface area contributed by atoms with Crippen molar-refractivity contribution in [1.82, 2.24) is 0 Å². The molecule has 0 spiro atoms. The van der Waals surface area contributed by atoms with Gasteiger partial charge in [-0.25, -0.2) is 0 Å². The van der Waals surface area contributed by atoms with Crippen LogP contribution in [0, 0.1) is 0 Å². The van der Waals surface area contributed by atoms with Gasteiger partial charge >= 0.3 is 142 Å². The average molecular weight is 493 g/mol. The molecule has 2 aromatic carbocycles. The molecule has 0 bridgehead atoms. The van der Waals surface area contributed by atoms with Gasteiger partial charge in [-0.1, -0.05) is 0 Å². The third-order valence-electron chi connectivity index (χ3n) is 2.82. The molecule has 0 aliphatic heterocycles. The van der Waals surface area contributed by atoms with Crippen LogP contribution < -0.4 is 4.74 Å². The Balaban J connectivity index is 2.39. The van der Waals surface area contributed by atoms with Gasteiger partial charge in [-0.05, 0) is 0 Å².